The SMILES string of the molecule is CC(NC(=O)CNCC1CC1)c1ccc2c(c1)OCCO2.Cl. The van der Waals surface area contributed by atoms with Gasteiger partial charge in [-0.05, 0) is 49.9 Å². The van der Waals surface area contributed by atoms with Crippen LogP contribution in [0.25, 0.3) is 0 Å². The van der Waals surface area contributed by atoms with Crippen LogP contribution in [0.4, 0.5) is 0 Å². The van der Waals surface area contributed by atoms with E-state index in [2.05, 4.69) is 10.6 Å². The summed E-state index contributed by atoms with van der Waals surface area (Å²) in [7, 11) is 0. The maximum Gasteiger partial charge on any atom is 0.234 e. The molecule has 1 heterocycles. The first kappa shape index (κ1) is 16.9. The molecule has 122 valence electrons. The lowest BCUT2D eigenvalue weighted by Crippen LogP contribution is -2.36. The molecule has 6 heteroatoms. The summed E-state index contributed by atoms with van der Waals surface area (Å²) in [6.07, 6.45) is 2.59. The average molecular weight is 327 g/mol. The standard InChI is InChI=1S/C16H22N2O3.ClH/c1-11(18-16(19)10-17-9-12-2-3-12)13-4-5-14-15(8-13)21-7-6-20-14;/h4-5,8,11-12,17H,2-3,6-7,9-10H2,1H3,(H,18,19);1H. The van der Waals surface area contributed by atoms with Crippen LogP contribution in [-0.4, -0.2) is 32.2 Å². The predicted octanol–water partition coefficient (Wildman–Crippen LogP) is 2.06. The van der Waals surface area contributed by atoms with Crippen molar-refractivity contribution in [2.24, 2.45) is 5.92 Å². The highest BCUT2D eigenvalue weighted by Crippen LogP contribution is 2.32. The van der Waals surface area contributed by atoms with Crippen molar-refractivity contribution in [3.8, 4) is 11.5 Å². The topological polar surface area (TPSA) is 59.6 Å². The molecule has 3 rings (SSSR count). The van der Waals surface area contributed by atoms with E-state index in [0.29, 0.717) is 19.8 Å². The van der Waals surface area contributed by atoms with Crippen LogP contribution in [0.1, 0.15) is 31.4 Å². The van der Waals surface area contributed by atoms with Crippen LogP contribution in [-0.2, 0) is 4.79 Å². The second-order valence-electron chi connectivity index (χ2n) is 5.77. The van der Waals surface area contributed by atoms with Crippen molar-refractivity contribution in [3.05, 3.63) is 23.8 Å². The summed E-state index contributed by atoms with van der Waals surface area (Å²) in [4.78, 5) is 11.9. The molecule has 0 saturated heterocycles. The molecule has 5 nitrogen and oxygen atoms in total. The first-order valence-corrected chi connectivity index (χ1v) is 7.62. The van der Waals surface area contributed by atoms with Gasteiger partial charge < -0.3 is 20.1 Å². The normalized spacial score (nSPS) is 17.3. The Morgan fingerprint density at radius 2 is 2.00 bits per heavy atom. The Hall–Kier alpha value is -1.46. The molecule has 0 radical (unpaired) electrons. The summed E-state index contributed by atoms with van der Waals surface area (Å²) in [5.74, 6) is 2.34. The number of hydrogen-bond acceptors (Lipinski definition) is 4. The molecule has 2 N–H and O–H groups in total. The zero-order valence-electron chi connectivity index (χ0n) is 12.8. The van der Waals surface area contributed by atoms with E-state index in [4.69, 9.17) is 9.47 Å². The number of carbonyl (C=O) groups is 1. The maximum absolute atomic E-state index is 11.9. The Kier molecular flexibility index (Phi) is 5.91. The van der Waals surface area contributed by atoms with Crippen molar-refractivity contribution < 1.29 is 14.3 Å². The summed E-state index contributed by atoms with van der Waals surface area (Å²) in [5.41, 5.74) is 1.02. The highest BCUT2D eigenvalue weighted by atomic mass is 35.5. The third-order valence-corrected chi connectivity index (χ3v) is 3.86. The van der Waals surface area contributed by atoms with E-state index in [1.165, 1.54) is 12.8 Å². The minimum Gasteiger partial charge on any atom is -0.486 e. The number of rotatable bonds is 6. The Balaban J connectivity index is 0.00000176. The molecule has 0 aromatic heterocycles. The molecule has 1 atom stereocenters. The Labute approximate surface area is 137 Å². The van der Waals surface area contributed by atoms with Crippen molar-refractivity contribution in [1.29, 1.82) is 0 Å². The fourth-order valence-electron chi connectivity index (χ4n) is 2.42. The Bertz CT molecular complexity index is 520. The smallest absolute Gasteiger partial charge is 0.234 e. The van der Waals surface area contributed by atoms with E-state index in [9.17, 15) is 4.79 Å². The van der Waals surface area contributed by atoms with Gasteiger partial charge in [0.15, 0.2) is 11.5 Å². The molecule has 2 aliphatic rings. The number of benzene rings is 1. The first-order valence-electron chi connectivity index (χ1n) is 7.62. The molecule has 0 spiro atoms. The summed E-state index contributed by atoms with van der Waals surface area (Å²) in [6, 6.07) is 5.77. The van der Waals surface area contributed by atoms with Crippen molar-refractivity contribution in [2.75, 3.05) is 26.3 Å². The zero-order chi connectivity index (χ0) is 14.7. The van der Waals surface area contributed by atoms with Crippen LogP contribution in [0.2, 0.25) is 0 Å². The van der Waals surface area contributed by atoms with Crippen LogP contribution in [0.3, 0.4) is 0 Å². The molecule has 22 heavy (non-hydrogen) atoms. The Morgan fingerprint density at radius 1 is 1.27 bits per heavy atom. The summed E-state index contributed by atoms with van der Waals surface area (Å²) < 4.78 is 11.1. The van der Waals surface area contributed by atoms with Gasteiger partial charge in [0, 0.05) is 0 Å². The lowest BCUT2D eigenvalue weighted by Gasteiger charge is -2.21. The summed E-state index contributed by atoms with van der Waals surface area (Å²) in [6.45, 7) is 4.47. The van der Waals surface area contributed by atoms with Gasteiger partial charge in [0.2, 0.25) is 5.91 Å². The van der Waals surface area contributed by atoms with E-state index in [1.54, 1.807) is 0 Å². The highest BCUT2D eigenvalue weighted by Gasteiger charge is 2.21. The monoisotopic (exact) mass is 326 g/mol. The molecule has 1 amide bonds. The first-order chi connectivity index (χ1) is 10.2. The van der Waals surface area contributed by atoms with Crippen LogP contribution in [0.5, 0.6) is 11.5 Å². The predicted molar refractivity (Wildman–Crippen MR) is 86.8 cm³/mol. The minimum absolute atomic E-state index is 0. The lowest BCUT2D eigenvalue weighted by atomic mass is 10.1. The van der Waals surface area contributed by atoms with E-state index < -0.39 is 0 Å². The number of ether oxygens (including phenoxy) is 2. The summed E-state index contributed by atoms with van der Waals surface area (Å²) >= 11 is 0. The van der Waals surface area contributed by atoms with Crippen LogP contribution < -0.4 is 20.1 Å². The minimum atomic E-state index is -0.0453. The Morgan fingerprint density at radius 3 is 2.73 bits per heavy atom. The van der Waals surface area contributed by atoms with Gasteiger partial charge in [-0.25, -0.2) is 0 Å². The molecule has 1 aromatic rings. The van der Waals surface area contributed by atoms with Crippen molar-refractivity contribution in [1.82, 2.24) is 10.6 Å². The van der Waals surface area contributed by atoms with Crippen molar-refractivity contribution >= 4 is 18.3 Å². The third-order valence-electron chi connectivity index (χ3n) is 3.86. The average Bonchev–Trinajstić information content (AvgIpc) is 3.31. The maximum atomic E-state index is 11.9. The molecule has 1 saturated carbocycles. The van der Waals surface area contributed by atoms with Gasteiger partial charge in [0.05, 0.1) is 12.6 Å². The molecule has 1 aromatic carbocycles. The van der Waals surface area contributed by atoms with Gasteiger partial charge >= 0.3 is 0 Å². The van der Waals surface area contributed by atoms with Gasteiger partial charge in [0.25, 0.3) is 0 Å². The van der Waals surface area contributed by atoms with E-state index in [1.807, 2.05) is 25.1 Å². The molecule has 1 fully saturated rings. The van der Waals surface area contributed by atoms with Crippen molar-refractivity contribution in [3.63, 3.8) is 0 Å². The number of hydrogen-bond donors (Lipinski definition) is 2. The third kappa shape index (κ3) is 4.52. The van der Waals surface area contributed by atoms with Gasteiger partial charge in [-0.2, -0.15) is 0 Å². The van der Waals surface area contributed by atoms with Crippen LogP contribution in [0, 0.1) is 5.92 Å². The second kappa shape index (κ2) is 7.70. The van der Waals surface area contributed by atoms with Gasteiger partial charge in [0.1, 0.15) is 13.2 Å². The number of carbonyl (C=O) groups excluding carboxylic acids is 1. The molecular weight excluding hydrogens is 304 g/mol. The lowest BCUT2D eigenvalue weighted by molar-refractivity contribution is -0.120. The molecule has 1 aliphatic carbocycles. The quantitative estimate of drug-likeness (QED) is 0.840. The number of nitrogens with one attached hydrogen (secondary N) is 2. The van der Waals surface area contributed by atoms with Crippen LogP contribution in [0.15, 0.2) is 18.2 Å². The summed E-state index contributed by atoms with van der Waals surface area (Å²) in [5, 5.41) is 6.20. The molecule has 1 aliphatic heterocycles. The molecular formula is C16H23ClN2O3. The zero-order valence-corrected chi connectivity index (χ0v) is 13.6. The largest absolute Gasteiger partial charge is 0.486 e. The van der Waals surface area contributed by atoms with E-state index in [0.717, 1.165) is 29.5 Å². The van der Waals surface area contributed by atoms with Gasteiger partial charge in [-0.15, -0.1) is 12.4 Å². The van der Waals surface area contributed by atoms with Gasteiger partial charge in [-0.1, -0.05) is 6.07 Å². The van der Waals surface area contributed by atoms with E-state index >= 15 is 0 Å². The van der Waals surface area contributed by atoms with Gasteiger partial charge in [-0.3, -0.25) is 4.79 Å². The highest BCUT2D eigenvalue weighted by molar-refractivity contribution is 5.85. The number of amides is 1. The fraction of sp³-hybridized carbons (Fsp3) is 0.562. The van der Waals surface area contributed by atoms with Crippen molar-refractivity contribution in [2.45, 2.75) is 25.8 Å². The fourth-order valence-corrected chi connectivity index (χ4v) is 2.42. The van der Waals surface area contributed by atoms with E-state index in [-0.39, 0.29) is 24.4 Å². The molecule has 1 unspecified atom stereocenters. The van der Waals surface area contributed by atoms with Crippen LogP contribution >= 0.6 is 12.4 Å². The number of halogens is 1. The number of fused-ring (bicyclic) bond motifs is 1. The second-order valence-corrected chi connectivity index (χ2v) is 5.77. The molecule has 0 bridgehead atoms.